The first-order chi connectivity index (χ1) is 13.6. The Balaban J connectivity index is 0. The lowest BCUT2D eigenvalue weighted by Gasteiger charge is -1.98. The van der Waals surface area contributed by atoms with Gasteiger partial charge in [0.05, 0.1) is 13.2 Å². The predicted molar refractivity (Wildman–Crippen MR) is 116 cm³/mol. The van der Waals surface area contributed by atoms with Gasteiger partial charge in [-0.05, 0) is 12.8 Å². The van der Waals surface area contributed by atoms with Gasteiger partial charge in [-0.15, -0.1) is 0 Å². The van der Waals surface area contributed by atoms with E-state index in [2.05, 4.69) is 19.1 Å². The Morgan fingerprint density at radius 2 is 1.21 bits per heavy atom. The van der Waals surface area contributed by atoms with Crippen molar-refractivity contribution in [3.05, 3.63) is 60.8 Å². The Kier molecular flexibility index (Phi) is 25.3. The molecule has 0 fully saturated rings. The highest BCUT2D eigenvalue weighted by Gasteiger charge is 1.93. The quantitative estimate of drug-likeness (QED) is 0.188. The third kappa shape index (κ3) is 28.8. The van der Waals surface area contributed by atoms with E-state index in [1.54, 1.807) is 12.2 Å². The predicted octanol–water partition coefficient (Wildman–Crippen LogP) is 4.32. The van der Waals surface area contributed by atoms with Gasteiger partial charge in [0.2, 0.25) is 0 Å². The van der Waals surface area contributed by atoms with Crippen molar-refractivity contribution in [2.45, 2.75) is 64.4 Å². The number of carbonyl (C=O) groups is 1. The summed E-state index contributed by atoms with van der Waals surface area (Å²) in [5, 5.41) is 32.4. The normalized spacial score (nSPS) is 12.2. The first-order valence-corrected chi connectivity index (χ1v) is 10.0. The van der Waals surface area contributed by atoms with Crippen LogP contribution in [-0.4, -0.2) is 45.7 Å². The lowest BCUT2D eigenvalue weighted by Crippen LogP contribution is -2.15. The second-order valence-electron chi connectivity index (χ2n) is 6.21. The van der Waals surface area contributed by atoms with Crippen LogP contribution in [0.15, 0.2) is 60.8 Å². The number of hydrogen-bond donors (Lipinski definition) is 4. The second-order valence-corrected chi connectivity index (χ2v) is 6.21. The molecule has 28 heavy (non-hydrogen) atoms. The first kappa shape index (κ1) is 28.3. The van der Waals surface area contributed by atoms with E-state index in [9.17, 15) is 4.79 Å². The molecule has 0 saturated heterocycles. The molecule has 0 radical (unpaired) electrons. The summed E-state index contributed by atoms with van der Waals surface area (Å²) >= 11 is 0. The number of rotatable bonds is 15. The minimum Gasteiger partial charge on any atom is -0.478 e. The van der Waals surface area contributed by atoms with Crippen LogP contribution >= 0.6 is 0 Å². The summed E-state index contributed by atoms with van der Waals surface area (Å²) in [4.78, 5) is 10.2. The molecule has 0 heterocycles. The molecule has 0 aromatic carbocycles. The number of aliphatic carboxylic acids is 1. The molecule has 0 aliphatic rings. The summed E-state index contributed by atoms with van der Waals surface area (Å²) in [5.74, 6) is -0.931. The molecule has 0 bridgehead atoms. The van der Waals surface area contributed by atoms with Crippen molar-refractivity contribution in [2.24, 2.45) is 0 Å². The van der Waals surface area contributed by atoms with Gasteiger partial charge in [-0.1, -0.05) is 100 Å². The molecule has 0 aliphatic carbocycles. The summed E-state index contributed by atoms with van der Waals surface area (Å²) in [6.45, 7) is 1.52. The van der Waals surface area contributed by atoms with Gasteiger partial charge in [0.25, 0.3) is 0 Å². The summed E-state index contributed by atoms with van der Waals surface area (Å²) in [6.07, 6.45) is 27.8. The Hall–Kier alpha value is -1.95. The van der Waals surface area contributed by atoms with Gasteiger partial charge in [-0.3, -0.25) is 0 Å². The number of unbranched alkanes of at least 4 members (excludes halogenated alkanes) is 7. The highest BCUT2D eigenvalue weighted by Crippen LogP contribution is 2.08. The van der Waals surface area contributed by atoms with Gasteiger partial charge < -0.3 is 20.4 Å². The highest BCUT2D eigenvalue weighted by molar-refractivity contribution is 5.80. The van der Waals surface area contributed by atoms with Crippen molar-refractivity contribution in [1.82, 2.24) is 0 Å². The minimum atomic E-state index is -0.954. The van der Waals surface area contributed by atoms with Gasteiger partial charge in [0, 0.05) is 6.08 Å². The maximum absolute atomic E-state index is 10.2. The zero-order valence-electron chi connectivity index (χ0n) is 17.1. The van der Waals surface area contributed by atoms with Crippen molar-refractivity contribution in [1.29, 1.82) is 0 Å². The number of carboxylic acids is 1. The molecule has 0 unspecified atom stereocenters. The van der Waals surface area contributed by atoms with Crippen LogP contribution in [-0.2, 0) is 4.79 Å². The van der Waals surface area contributed by atoms with Crippen molar-refractivity contribution in [3.8, 4) is 0 Å². The van der Waals surface area contributed by atoms with E-state index >= 15 is 0 Å². The molecule has 0 aliphatic heterocycles. The van der Waals surface area contributed by atoms with Crippen LogP contribution in [0.4, 0.5) is 0 Å². The van der Waals surface area contributed by atoms with Crippen LogP contribution in [0.3, 0.4) is 0 Å². The van der Waals surface area contributed by atoms with Gasteiger partial charge in [0.15, 0.2) is 0 Å². The number of aliphatic hydroxyl groups excluding tert-OH is 3. The van der Waals surface area contributed by atoms with Crippen molar-refractivity contribution < 1.29 is 25.2 Å². The van der Waals surface area contributed by atoms with Crippen molar-refractivity contribution in [2.75, 3.05) is 13.2 Å². The lowest BCUT2D eigenvalue weighted by molar-refractivity contribution is -0.131. The summed E-state index contributed by atoms with van der Waals surface area (Å²) in [6, 6.07) is 0. The molecule has 5 nitrogen and oxygen atoms in total. The topological polar surface area (TPSA) is 98.0 Å². The van der Waals surface area contributed by atoms with E-state index in [0.717, 1.165) is 12.5 Å². The lowest BCUT2D eigenvalue weighted by atomic mass is 10.1. The highest BCUT2D eigenvalue weighted by atomic mass is 16.4. The fraction of sp³-hybridized carbons (Fsp3) is 0.522. The molecule has 0 spiro atoms. The molecule has 4 N–H and O–H groups in total. The molecular weight excluding hydrogens is 356 g/mol. The monoisotopic (exact) mass is 394 g/mol. The minimum absolute atomic E-state index is 0.365. The van der Waals surface area contributed by atoms with Crippen LogP contribution in [0.5, 0.6) is 0 Å². The zero-order valence-corrected chi connectivity index (χ0v) is 17.1. The average Bonchev–Trinajstić information content (AvgIpc) is 2.70. The van der Waals surface area contributed by atoms with Gasteiger partial charge in [0.1, 0.15) is 6.10 Å². The molecule has 0 amide bonds. The van der Waals surface area contributed by atoms with Crippen LogP contribution in [0.2, 0.25) is 0 Å². The second kappa shape index (κ2) is 25.1. The zero-order chi connectivity index (χ0) is 21.3. The standard InChI is InChI=1S/C20H30O2.C3H8O3/c1-2-3-4-5-6-7-8-9-10-11-12-13-14-15-16-17-18-19-20(21)22;4-1-3(6)2-5/h10-19H,2-9H2,1H3,(H,21,22);3-6H,1-2H2. The van der Waals surface area contributed by atoms with Crippen LogP contribution in [0, 0.1) is 0 Å². The van der Waals surface area contributed by atoms with Gasteiger partial charge >= 0.3 is 5.97 Å². The van der Waals surface area contributed by atoms with E-state index in [0.29, 0.717) is 0 Å². The summed E-state index contributed by atoms with van der Waals surface area (Å²) in [7, 11) is 0. The molecule has 5 heteroatoms. The third-order valence-corrected chi connectivity index (χ3v) is 3.55. The molecule has 0 atom stereocenters. The molecular formula is C23H38O5. The third-order valence-electron chi connectivity index (χ3n) is 3.55. The van der Waals surface area contributed by atoms with E-state index in [-0.39, 0.29) is 13.2 Å². The maximum atomic E-state index is 10.2. The Morgan fingerprint density at radius 3 is 1.68 bits per heavy atom. The maximum Gasteiger partial charge on any atom is 0.328 e. The smallest absolute Gasteiger partial charge is 0.328 e. The van der Waals surface area contributed by atoms with E-state index in [1.165, 1.54) is 51.0 Å². The number of allylic oxidation sites excluding steroid dienone is 9. The van der Waals surface area contributed by atoms with Crippen LogP contribution in [0.1, 0.15) is 58.3 Å². The molecule has 0 rings (SSSR count). The Labute approximate surface area is 170 Å². The average molecular weight is 395 g/mol. The summed E-state index contributed by atoms with van der Waals surface area (Å²) in [5.41, 5.74) is 0. The fourth-order valence-corrected chi connectivity index (χ4v) is 1.97. The SMILES string of the molecule is CCCCCCCCCC=CC=CC=CC=CC=CC(=O)O.OCC(O)CO. The van der Waals surface area contributed by atoms with Crippen LogP contribution < -0.4 is 0 Å². The molecule has 0 saturated carbocycles. The van der Waals surface area contributed by atoms with Crippen molar-refractivity contribution >= 4 is 5.97 Å². The first-order valence-electron chi connectivity index (χ1n) is 10.0. The Morgan fingerprint density at radius 1 is 0.750 bits per heavy atom. The van der Waals surface area contributed by atoms with Gasteiger partial charge in [-0.25, -0.2) is 4.79 Å². The summed E-state index contributed by atoms with van der Waals surface area (Å²) < 4.78 is 0. The van der Waals surface area contributed by atoms with Gasteiger partial charge in [-0.2, -0.15) is 0 Å². The fourth-order valence-electron chi connectivity index (χ4n) is 1.97. The van der Waals surface area contributed by atoms with Crippen LogP contribution in [0.25, 0.3) is 0 Å². The van der Waals surface area contributed by atoms with E-state index in [4.69, 9.17) is 20.4 Å². The number of aliphatic hydroxyl groups is 3. The Bertz CT molecular complexity index is 471. The molecule has 0 aromatic rings. The number of hydrogen-bond acceptors (Lipinski definition) is 4. The van der Waals surface area contributed by atoms with E-state index in [1.807, 2.05) is 24.3 Å². The molecule has 0 aromatic heterocycles. The largest absolute Gasteiger partial charge is 0.478 e. The number of carboxylic acid groups (broad SMARTS) is 1. The van der Waals surface area contributed by atoms with Crippen molar-refractivity contribution in [3.63, 3.8) is 0 Å². The molecule has 160 valence electrons. The van der Waals surface area contributed by atoms with E-state index < -0.39 is 12.1 Å².